The Balaban J connectivity index is 1.56. The fourth-order valence-electron chi connectivity index (χ4n) is 3.76. The molecule has 7 heteroatoms. The molecule has 4 rings (SSSR count). The molecular formula is C21H22N4O3. The molecule has 0 spiro atoms. The summed E-state index contributed by atoms with van der Waals surface area (Å²) in [5, 5.41) is 2.89. The highest BCUT2D eigenvalue weighted by Gasteiger charge is 2.34. The zero-order valence-corrected chi connectivity index (χ0v) is 15.9. The van der Waals surface area contributed by atoms with E-state index in [4.69, 9.17) is 0 Å². The molecule has 28 heavy (non-hydrogen) atoms. The minimum atomic E-state index is -0.349. The van der Waals surface area contributed by atoms with Gasteiger partial charge in [-0.15, -0.1) is 0 Å². The lowest BCUT2D eigenvalue weighted by Gasteiger charge is -2.40. The largest absolute Gasteiger partial charge is 0.322 e. The van der Waals surface area contributed by atoms with E-state index in [0.717, 1.165) is 23.6 Å². The number of urea groups is 1. The summed E-state index contributed by atoms with van der Waals surface area (Å²) in [4.78, 5) is 42.3. The number of carbonyl (C=O) groups excluding carboxylic acids is 3. The van der Waals surface area contributed by atoms with Crippen molar-refractivity contribution in [3.05, 3.63) is 65.2 Å². The van der Waals surface area contributed by atoms with Gasteiger partial charge in [-0.25, -0.2) is 4.79 Å². The normalized spacial score (nSPS) is 19.7. The number of nitrogens with one attached hydrogen (secondary N) is 1. The van der Waals surface area contributed by atoms with Gasteiger partial charge in [0.25, 0.3) is 11.8 Å². The minimum Gasteiger partial charge on any atom is -0.315 e. The van der Waals surface area contributed by atoms with Crippen molar-refractivity contribution >= 4 is 23.5 Å². The third kappa shape index (κ3) is 3.14. The van der Waals surface area contributed by atoms with E-state index in [9.17, 15) is 14.4 Å². The second-order valence-electron chi connectivity index (χ2n) is 7.24. The smallest absolute Gasteiger partial charge is 0.315 e. The SMILES string of the molecule is CN1CCN(C(=O)Nc2ccc3c(c2)C(=O)N(C)C3=O)C(c2ccccc2)C1. The lowest BCUT2D eigenvalue weighted by atomic mass is 10.0. The van der Waals surface area contributed by atoms with Crippen molar-refractivity contribution in [2.24, 2.45) is 0 Å². The van der Waals surface area contributed by atoms with Crippen molar-refractivity contribution in [3.63, 3.8) is 0 Å². The Morgan fingerprint density at radius 3 is 2.43 bits per heavy atom. The quantitative estimate of drug-likeness (QED) is 0.815. The molecule has 2 aromatic carbocycles. The summed E-state index contributed by atoms with van der Waals surface area (Å²) >= 11 is 0. The van der Waals surface area contributed by atoms with Crippen LogP contribution in [-0.2, 0) is 0 Å². The van der Waals surface area contributed by atoms with Gasteiger partial charge in [0.2, 0.25) is 0 Å². The summed E-state index contributed by atoms with van der Waals surface area (Å²) in [6, 6.07) is 14.5. The summed E-state index contributed by atoms with van der Waals surface area (Å²) in [5.74, 6) is -0.668. The maximum Gasteiger partial charge on any atom is 0.322 e. The molecule has 0 bridgehead atoms. The first-order valence-corrected chi connectivity index (χ1v) is 9.23. The molecule has 0 aliphatic carbocycles. The van der Waals surface area contributed by atoms with Gasteiger partial charge in [0, 0.05) is 32.4 Å². The van der Waals surface area contributed by atoms with Crippen LogP contribution in [0.25, 0.3) is 0 Å². The molecule has 144 valence electrons. The summed E-state index contributed by atoms with van der Waals surface area (Å²) in [6.07, 6.45) is 0. The predicted octanol–water partition coefficient (Wildman–Crippen LogP) is 2.43. The van der Waals surface area contributed by atoms with E-state index in [1.807, 2.05) is 42.3 Å². The van der Waals surface area contributed by atoms with Crippen LogP contribution >= 0.6 is 0 Å². The summed E-state index contributed by atoms with van der Waals surface area (Å²) in [5.41, 5.74) is 2.28. The van der Waals surface area contributed by atoms with Crippen molar-refractivity contribution in [2.45, 2.75) is 6.04 Å². The lowest BCUT2D eigenvalue weighted by molar-refractivity contribution is 0.0693. The molecule has 1 N–H and O–H groups in total. The first kappa shape index (κ1) is 18.2. The number of likely N-dealkylation sites (N-methyl/N-ethyl adjacent to an activating group) is 1. The first-order valence-electron chi connectivity index (χ1n) is 9.23. The molecule has 0 saturated carbocycles. The molecule has 7 nitrogen and oxygen atoms in total. The monoisotopic (exact) mass is 378 g/mol. The Labute approximate surface area is 163 Å². The fraction of sp³-hybridized carbons (Fsp3) is 0.286. The standard InChI is InChI=1S/C21H22N4O3/c1-23-10-11-25(18(13-23)14-6-4-3-5-7-14)21(28)22-15-8-9-16-17(12-15)20(27)24(2)19(16)26/h3-9,12,18H,10-11,13H2,1-2H3,(H,22,28). The van der Waals surface area contributed by atoms with Gasteiger partial charge < -0.3 is 15.1 Å². The number of rotatable bonds is 2. The number of fused-ring (bicyclic) bond motifs is 1. The highest BCUT2D eigenvalue weighted by molar-refractivity contribution is 6.21. The van der Waals surface area contributed by atoms with Crippen molar-refractivity contribution in [2.75, 3.05) is 39.0 Å². The number of carbonyl (C=O) groups is 3. The molecule has 1 unspecified atom stereocenters. The number of benzene rings is 2. The number of amides is 4. The number of imide groups is 1. The number of piperazine rings is 1. The molecule has 4 amide bonds. The predicted molar refractivity (Wildman–Crippen MR) is 105 cm³/mol. The van der Waals surface area contributed by atoms with Crippen LogP contribution in [0.2, 0.25) is 0 Å². The average molecular weight is 378 g/mol. The summed E-state index contributed by atoms with van der Waals surface area (Å²) in [6.45, 7) is 2.14. The molecule has 1 saturated heterocycles. The number of hydrogen-bond donors (Lipinski definition) is 1. The van der Waals surface area contributed by atoms with Gasteiger partial charge >= 0.3 is 6.03 Å². The van der Waals surface area contributed by atoms with Gasteiger partial charge in [0.05, 0.1) is 17.2 Å². The van der Waals surface area contributed by atoms with E-state index in [2.05, 4.69) is 10.2 Å². The van der Waals surface area contributed by atoms with Gasteiger partial charge in [0.1, 0.15) is 0 Å². The van der Waals surface area contributed by atoms with Crippen LogP contribution in [0, 0.1) is 0 Å². The minimum absolute atomic E-state index is 0.0521. The highest BCUT2D eigenvalue weighted by Crippen LogP contribution is 2.28. The number of anilines is 1. The maximum absolute atomic E-state index is 13.0. The molecule has 1 fully saturated rings. The maximum atomic E-state index is 13.0. The zero-order valence-electron chi connectivity index (χ0n) is 15.9. The van der Waals surface area contributed by atoms with E-state index in [0.29, 0.717) is 23.4 Å². The lowest BCUT2D eigenvalue weighted by Crippen LogP contribution is -2.50. The molecule has 2 heterocycles. The fourth-order valence-corrected chi connectivity index (χ4v) is 3.76. The van der Waals surface area contributed by atoms with Crippen molar-refractivity contribution in [1.29, 1.82) is 0 Å². The Hall–Kier alpha value is -3.19. The van der Waals surface area contributed by atoms with Crippen molar-refractivity contribution in [1.82, 2.24) is 14.7 Å². The summed E-state index contributed by atoms with van der Waals surface area (Å²) in [7, 11) is 3.50. The molecule has 2 aromatic rings. The number of hydrogen-bond acceptors (Lipinski definition) is 4. The molecule has 0 aromatic heterocycles. The third-order valence-electron chi connectivity index (χ3n) is 5.37. The Morgan fingerprint density at radius 2 is 1.68 bits per heavy atom. The molecular weight excluding hydrogens is 356 g/mol. The molecule has 0 radical (unpaired) electrons. The third-order valence-corrected chi connectivity index (χ3v) is 5.37. The van der Waals surface area contributed by atoms with Gasteiger partial charge in [-0.05, 0) is 30.8 Å². The van der Waals surface area contributed by atoms with Crippen molar-refractivity contribution in [3.8, 4) is 0 Å². The zero-order chi connectivity index (χ0) is 19.8. The van der Waals surface area contributed by atoms with E-state index in [-0.39, 0.29) is 23.9 Å². The van der Waals surface area contributed by atoms with E-state index in [1.54, 1.807) is 18.2 Å². The van der Waals surface area contributed by atoms with Gasteiger partial charge in [0.15, 0.2) is 0 Å². The molecule has 2 aliphatic heterocycles. The van der Waals surface area contributed by atoms with Gasteiger partial charge in [-0.3, -0.25) is 14.5 Å². The topological polar surface area (TPSA) is 73.0 Å². The molecule has 1 atom stereocenters. The Morgan fingerprint density at radius 1 is 0.964 bits per heavy atom. The van der Waals surface area contributed by atoms with Crippen LogP contribution in [0.4, 0.5) is 10.5 Å². The van der Waals surface area contributed by atoms with Gasteiger partial charge in [-0.1, -0.05) is 30.3 Å². The number of nitrogens with zero attached hydrogens (tertiary/aromatic N) is 3. The van der Waals surface area contributed by atoms with E-state index >= 15 is 0 Å². The van der Waals surface area contributed by atoms with Crippen LogP contribution in [0.5, 0.6) is 0 Å². The second kappa shape index (κ2) is 7.09. The molecule has 2 aliphatic rings. The average Bonchev–Trinajstić information content (AvgIpc) is 2.92. The Kier molecular flexibility index (Phi) is 4.60. The second-order valence-corrected chi connectivity index (χ2v) is 7.24. The van der Waals surface area contributed by atoms with Crippen molar-refractivity contribution < 1.29 is 14.4 Å². The van der Waals surface area contributed by atoms with Crippen LogP contribution in [-0.4, -0.2) is 66.3 Å². The van der Waals surface area contributed by atoms with Crippen LogP contribution in [0.3, 0.4) is 0 Å². The van der Waals surface area contributed by atoms with Crippen LogP contribution in [0.15, 0.2) is 48.5 Å². The first-order chi connectivity index (χ1) is 13.5. The van der Waals surface area contributed by atoms with E-state index in [1.165, 1.54) is 7.05 Å². The Bertz CT molecular complexity index is 944. The van der Waals surface area contributed by atoms with Crippen LogP contribution in [0.1, 0.15) is 32.3 Å². The van der Waals surface area contributed by atoms with Crippen LogP contribution < -0.4 is 5.32 Å². The van der Waals surface area contributed by atoms with Gasteiger partial charge in [-0.2, -0.15) is 0 Å². The van der Waals surface area contributed by atoms with E-state index < -0.39 is 0 Å². The highest BCUT2D eigenvalue weighted by atomic mass is 16.2. The summed E-state index contributed by atoms with van der Waals surface area (Å²) < 4.78 is 0.